The molecule has 0 saturated carbocycles. The fraction of sp³-hybridized carbons (Fsp3) is 0.0800. The van der Waals surface area contributed by atoms with Crippen LogP contribution in [0.2, 0.25) is 10.0 Å². The van der Waals surface area contributed by atoms with Gasteiger partial charge in [-0.2, -0.15) is 5.26 Å². The number of amides is 2. The molecule has 0 radical (unpaired) electrons. The van der Waals surface area contributed by atoms with E-state index >= 15 is 0 Å². The summed E-state index contributed by atoms with van der Waals surface area (Å²) in [5.74, 6) is 0.242. The van der Waals surface area contributed by atoms with Crippen molar-refractivity contribution in [3.05, 3.63) is 87.9 Å². The van der Waals surface area contributed by atoms with Gasteiger partial charge in [0.25, 0.3) is 11.8 Å². The number of halogens is 2. The molecule has 9 heteroatoms. The molecule has 0 spiro atoms. The number of nitrogens with one attached hydrogen (secondary N) is 2. The average molecular weight is 496 g/mol. The number of ether oxygens (including phenoxy) is 2. The minimum Gasteiger partial charge on any atom is -0.497 e. The fourth-order valence-corrected chi connectivity index (χ4v) is 3.07. The summed E-state index contributed by atoms with van der Waals surface area (Å²) < 4.78 is 10.6. The van der Waals surface area contributed by atoms with Crippen molar-refractivity contribution in [2.45, 2.75) is 0 Å². The lowest BCUT2D eigenvalue weighted by Gasteiger charge is -2.08. The van der Waals surface area contributed by atoms with Crippen LogP contribution < -0.4 is 20.1 Å². The summed E-state index contributed by atoms with van der Waals surface area (Å²) in [6, 6.07) is 20.0. The van der Waals surface area contributed by atoms with Gasteiger partial charge in [-0.05, 0) is 66.2 Å². The third kappa shape index (κ3) is 7.01. The number of benzene rings is 3. The van der Waals surface area contributed by atoms with Gasteiger partial charge in [-0.25, -0.2) is 0 Å². The first kappa shape index (κ1) is 24.6. The molecule has 0 aliphatic heterocycles. The molecular formula is C25H19Cl2N3O4. The number of rotatable bonds is 8. The number of carbonyl (C=O) groups excluding carboxylic acids is 2. The Morgan fingerprint density at radius 2 is 1.56 bits per heavy atom. The predicted octanol–water partition coefficient (Wildman–Crippen LogP) is 5.57. The standard InChI is InChI=1S/C25H19Cl2N3O4/c1-33-20-9-4-18(5-10-20)29-24(31)15-34-21-7-2-16(3-8-21)12-17(14-28)25(32)30-19-6-11-22(26)23(27)13-19/h2-13H,15H2,1H3,(H,29,31)(H,30,32)/b17-12-. The Balaban J connectivity index is 1.56. The van der Waals surface area contributed by atoms with Crippen LogP contribution in [-0.2, 0) is 9.59 Å². The van der Waals surface area contributed by atoms with E-state index in [4.69, 9.17) is 32.7 Å². The molecule has 172 valence electrons. The molecular weight excluding hydrogens is 477 g/mol. The number of nitriles is 1. The zero-order valence-electron chi connectivity index (χ0n) is 18.0. The van der Waals surface area contributed by atoms with Crippen molar-refractivity contribution < 1.29 is 19.1 Å². The fourth-order valence-electron chi connectivity index (χ4n) is 2.77. The van der Waals surface area contributed by atoms with Gasteiger partial charge in [-0.15, -0.1) is 0 Å². The van der Waals surface area contributed by atoms with E-state index in [1.165, 1.54) is 12.1 Å². The van der Waals surface area contributed by atoms with Crippen LogP contribution >= 0.6 is 23.2 Å². The van der Waals surface area contributed by atoms with E-state index in [0.717, 1.165) is 0 Å². The number of anilines is 2. The lowest BCUT2D eigenvalue weighted by Crippen LogP contribution is -2.20. The second-order valence-electron chi connectivity index (χ2n) is 6.89. The number of nitrogens with zero attached hydrogens (tertiary/aromatic N) is 1. The summed E-state index contributed by atoms with van der Waals surface area (Å²) in [4.78, 5) is 24.5. The molecule has 0 aromatic heterocycles. The Bertz CT molecular complexity index is 1250. The summed E-state index contributed by atoms with van der Waals surface area (Å²) in [5, 5.41) is 15.4. The van der Waals surface area contributed by atoms with Gasteiger partial charge in [0.2, 0.25) is 0 Å². The van der Waals surface area contributed by atoms with Gasteiger partial charge in [-0.3, -0.25) is 9.59 Å². The first-order valence-corrected chi connectivity index (χ1v) is 10.7. The van der Waals surface area contributed by atoms with E-state index in [2.05, 4.69) is 10.6 Å². The third-order valence-electron chi connectivity index (χ3n) is 4.48. The minimum absolute atomic E-state index is 0.0985. The van der Waals surface area contributed by atoms with Crippen LogP contribution in [0.5, 0.6) is 11.5 Å². The number of hydrogen-bond acceptors (Lipinski definition) is 5. The zero-order chi connectivity index (χ0) is 24.5. The number of carbonyl (C=O) groups is 2. The highest BCUT2D eigenvalue weighted by Gasteiger charge is 2.11. The topological polar surface area (TPSA) is 100 Å². The maximum atomic E-state index is 12.4. The van der Waals surface area contributed by atoms with Crippen LogP contribution in [-0.4, -0.2) is 25.5 Å². The molecule has 0 aliphatic carbocycles. The Hall–Kier alpha value is -3.99. The van der Waals surface area contributed by atoms with Crippen molar-refractivity contribution in [2.24, 2.45) is 0 Å². The molecule has 0 unspecified atom stereocenters. The molecule has 0 fully saturated rings. The Morgan fingerprint density at radius 1 is 0.912 bits per heavy atom. The zero-order valence-corrected chi connectivity index (χ0v) is 19.5. The highest BCUT2D eigenvalue weighted by molar-refractivity contribution is 6.42. The van der Waals surface area contributed by atoms with E-state index in [9.17, 15) is 14.9 Å². The SMILES string of the molecule is COc1ccc(NC(=O)COc2ccc(/C=C(/C#N)C(=O)Nc3ccc(Cl)c(Cl)c3)cc2)cc1. The van der Waals surface area contributed by atoms with E-state index in [1.807, 2.05) is 6.07 Å². The summed E-state index contributed by atoms with van der Waals surface area (Å²) in [6.45, 7) is -0.184. The molecule has 0 aliphatic rings. The van der Waals surface area contributed by atoms with Crippen LogP contribution in [0.25, 0.3) is 6.08 Å². The monoisotopic (exact) mass is 495 g/mol. The van der Waals surface area contributed by atoms with Crippen LogP contribution in [0, 0.1) is 11.3 Å². The third-order valence-corrected chi connectivity index (χ3v) is 5.22. The predicted molar refractivity (Wildman–Crippen MR) is 132 cm³/mol. The van der Waals surface area contributed by atoms with Gasteiger partial charge >= 0.3 is 0 Å². The summed E-state index contributed by atoms with van der Waals surface area (Å²) in [5.41, 5.74) is 1.55. The molecule has 34 heavy (non-hydrogen) atoms. The summed E-state index contributed by atoms with van der Waals surface area (Å²) in [7, 11) is 1.57. The van der Waals surface area contributed by atoms with Gasteiger partial charge in [0.05, 0.1) is 17.2 Å². The van der Waals surface area contributed by atoms with Gasteiger partial charge in [0.15, 0.2) is 6.61 Å². The lowest BCUT2D eigenvalue weighted by atomic mass is 10.1. The smallest absolute Gasteiger partial charge is 0.266 e. The lowest BCUT2D eigenvalue weighted by molar-refractivity contribution is -0.118. The molecule has 2 amide bonds. The van der Waals surface area contributed by atoms with Crippen molar-refractivity contribution in [3.63, 3.8) is 0 Å². The molecule has 7 nitrogen and oxygen atoms in total. The Morgan fingerprint density at radius 3 is 2.18 bits per heavy atom. The first-order valence-electron chi connectivity index (χ1n) is 9.93. The van der Waals surface area contributed by atoms with Gasteiger partial charge in [-0.1, -0.05) is 35.3 Å². The first-order chi connectivity index (χ1) is 16.4. The van der Waals surface area contributed by atoms with Crippen molar-refractivity contribution in [1.29, 1.82) is 5.26 Å². The second-order valence-corrected chi connectivity index (χ2v) is 7.70. The van der Waals surface area contributed by atoms with Crippen LogP contribution in [0.4, 0.5) is 11.4 Å². The molecule has 0 bridgehead atoms. The quantitative estimate of drug-likeness (QED) is 0.314. The molecule has 2 N–H and O–H groups in total. The summed E-state index contributed by atoms with van der Waals surface area (Å²) in [6.07, 6.45) is 1.44. The van der Waals surface area contributed by atoms with E-state index in [-0.39, 0.29) is 23.1 Å². The molecule has 3 rings (SSSR count). The largest absolute Gasteiger partial charge is 0.497 e. The minimum atomic E-state index is -0.587. The molecule has 3 aromatic rings. The van der Waals surface area contributed by atoms with Gasteiger partial charge in [0.1, 0.15) is 23.1 Å². The van der Waals surface area contributed by atoms with E-state index < -0.39 is 5.91 Å². The Kier molecular flexibility index (Phi) is 8.52. The normalized spacial score (nSPS) is 10.7. The molecule has 0 saturated heterocycles. The number of methoxy groups -OCH3 is 1. The Labute approximate surface area is 206 Å². The average Bonchev–Trinajstić information content (AvgIpc) is 2.84. The van der Waals surface area contributed by atoms with Gasteiger partial charge < -0.3 is 20.1 Å². The van der Waals surface area contributed by atoms with Crippen molar-refractivity contribution in [3.8, 4) is 17.6 Å². The van der Waals surface area contributed by atoms with E-state index in [0.29, 0.717) is 33.5 Å². The van der Waals surface area contributed by atoms with Crippen molar-refractivity contribution in [2.75, 3.05) is 24.4 Å². The highest BCUT2D eigenvalue weighted by atomic mass is 35.5. The summed E-state index contributed by atoms with van der Waals surface area (Å²) >= 11 is 11.8. The molecule has 0 heterocycles. The maximum absolute atomic E-state index is 12.4. The van der Waals surface area contributed by atoms with E-state index in [1.54, 1.807) is 67.8 Å². The molecule has 3 aromatic carbocycles. The van der Waals surface area contributed by atoms with Crippen molar-refractivity contribution >= 4 is 52.5 Å². The maximum Gasteiger partial charge on any atom is 0.266 e. The number of hydrogen-bond donors (Lipinski definition) is 2. The van der Waals surface area contributed by atoms with Gasteiger partial charge in [0, 0.05) is 11.4 Å². The van der Waals surface area contributed by atoms with Crippen LogP contribution in [0.1, 0.15) is 5.56 Å². The highest BCUT2D eigenvalue weighted by Crippen LogP contribution is 2.25. The van der Waals surface area contributed by atoms with Crippen LogP contribution in [0.3, 0.4) is 0 Å². The molecule has 0 atom stereocenters. The van der Waals surface area contributed by atoms with Crippen molar-refractivity contribution in [1.82, 2.24) is 0 Å². The second kappa shape index (κ2) is 11.8. The van der Waals surface area contributed by atoms with Crippen LogP contribution in [0.15, 0.2) is 72.3 Å².